The van der Waals surface area contributed by atoms with Gasteiger partial charge < -0.3 is 4.74 Å². The quantitative estimate of drug-likeness (QED) is 0.768. The highest BCUT2D eigenvalue weighted by Gasteiger charge is 2.33. The zero-order valence-electron chi connectivity index (χ0n) is 16.4. The molecule has 0 atom stereocenters. The monoisotopic (exact) mass is 400 g/mol. The van der Waals surface area contributed by atoms with Crippen molar-refractivity contribution < 1.29 is 14.3 Å². The lowest BCUT2D eigenvalue weighted by Gasteiger charge is -2.30. The highest BCUT2D eigenvalue weighted by molar-refractivity contribution is 7.99. The van der Waals surface area contributed by atoms with Crippen molar-refractivity contribution in [2.45, 2.75) is 51.8 Å². The summed E-state index contributed by atoms with van der Waals surface area (Å²) in [6, 6.07) is 6.17. The second kappa shape index (κ2) is 7.24. The number of thioether (sulfide) groups is 1. The van der Waals surface area contributed by atoms with Gasteiger partial charge in [-0.05, 0) is 42.5 Å². The molecule has 2 aliphatic rings. The minimum Gasteiger partial charge on any atom is -0.486 e. The van der Waals surface area contributed by atoms with Crippen molar-refractivity contribution in [2.75, 3.05) is 17.3 Å². The average molecular weight is 401 g/mol. The normalized spacial score (nSPS) is 16.1. The van der Waals surface area contributed by atoms with Crippen molar-refractivity contribution in [3.63, 3.8) is 0 Å². The molecule has 0 N–H and O–H groups in total. The summed E-state index contributed by atoms with van der Waals surface area (Å²) in [5, 5.41) is 10.4. The summed E-state index contributed by atoms with van der Waals surface area (Å²) in [4.78, 5) is 25.0. The van der Waals surface area contributed by atoms with Gasteiger partial charge >= 0.3 is 0 Å². The highest BCUT2D eigenvalue weighted by Crippen LogP contribution is 2.28. The Morgan fingerprint density at radius 3 is 2.79 bits per heavy atom. The van der Waals surface area contributed by atoms with Gasteiger partial charge in [0.25, 0.3) is 5.91 Å². The highest BCUT2D eigenvalue weighted by atomic mass is 32.2. The Hall–Kier alpha value is -2.35. The van der Waals surface area contributed by atoms with E-state index in [9.17, 15) is 9.59 Å². The lowest BCUT2D eigenvalue weighted by atomic mass is 9.91. The number of nitrogens with zero attached hydrogens (tertiary/aromatic N) is 4. The van der Waals surface area contributed by atoms with E-state index in [-0.39, 0.29) is 30.6 Å². The van der Waals surface area contributed by atoms with Gasteiger partial charge in [0.15, 0.2) is 11.6 Å². The number of aryl methyl sites for hydroxylation is 2. The SMILES string of the molecule is CC(C)(C)C(=O)CN1C(=O)CSc2nnc(COc3ccc4c(c3)CCC4)n21. The second-order valence-corrected chi connectivity index (χ2v) is 9.14. The third-order valence-corrected chi connectivity index (χ3v) is 6.00. The molecule has 0 saturated carbocycles. The molecular weight excluding hydrogens is 376 g/mol. The predicted molar refractivity (Wildman–Crippen MR) is 106 cm³/mol. The number of carbonyl (C=O) groups excluding carboxylic acids is 2. The van der Waals surface area contributed by atoms with Crippen LogP contribution in [0.5, 0.6) is 5.75 Å². The smallest absolute Gasteiger partial charge is 0.252 e. The van der Waals surface area contributed by atoms with Crippen LogP contribution in [0.15, 0.2) is 23.4 Å². The molecule has 0 saturated heterocycles. The molecule has 0 bridgehead atoms. The van der Waals surface area contributed by atoms with Gasteiger partial charge in [-0.3, -0.25) is 9.59 Å². The largest absolute Gasteiger partial charge is 0.486 e. The van der Waals surface area contributed by atoms with Crippen LogP contribution >= 0.6 is 11.8 Å². The zero-order valence-corrected chi connectivity index (χ0v) is 17.2. The van der Waals surface area contributed by atoms with E-state index >= 15 is 0 Å². The molecule has 8 heteroatoms. The summed E-state index contributed by atoms with van der Waals surface area (Å²) < 4.78 is 7.57. The van der Waals surface area contributed by atoms with Crippen molar-refractivity contribution in [3.05, 3.63) is 35.2 Å². The Bertz CT molecular complexity index is 932. The fourth-order valence-corrected chi connectivity index (χ4v) is 4.17. The van der Waals surface area contributed by atoms with Crippen molar-refractivity contribution in [3.8, 4) is 5.75 Å². The molecule has 4 rings (SSSR count). The van der Waals surface area contributed by atoms with Gasteiger partial charge in [0, 0.05) is 5.41 Å². The number of amides is 1. The molecule has 0 fully saturated rings. The number of ether oxygens (including phenoxy) is 1. The van der Waals surface area contributed by atoms with E-state index in [1.165, 1.54) is 34.3 Å². The maximum absolute atomic E-state index is 12.5. The van der Waals surface area contributed by atoms with E-state index in [1.54, 1.807) is 4.68 Å². The van der Waals surface area contributed by atoms with Gasteiger partial charge in [-0.15, -0.1) is 10.2 Å². The molecule has 0 spiro atoms. The summed E-state index contributed by atoms with van der Waals surface area (Å²) >= 11 is 1.33. The minimum atomic E-state index is -0.528. The predicted octanol–water partition coefficient (Wildman–Crippen LogP) is 2.53. The summed E-state index contributed by atoms with van der Waals surface area (Å²) in [7, 11) is 0. The number of fused-ring (bicyclic) bond motifs is 2. The number of hydrogen-bond donors (Lipinski definition) is 0. The summed E-state index contributed by atoms with van der Waals surface area (Å²) in [5.74, 6) is 1.40. The Morgan fingerprint density at radius 2 is 2.00 bits per heavy atom. The van der Waals surface area contributed by atoms with Crippen LogP contribution < -0.4 is 9.75 Å². The number of ketones is 1. The van der Waals surface area contributed by atoms with Crippen LogP contribution in [-0.2, 0) is 29.0 Å². The number of benzene rings is 1. The van der Waals surface area contributed by atoms with Crippen LogP contribution in [0.1, 0.15) is 44.1 Å². The van der Waals surface area contributed by atoms with Crippen LogP contribution in [0.25, 0.3) is 0 Å². The topological polar surface area (TPSA) is 77.3 Å². The average Bonchev–Trinajstić information content (AvgIpc) is 3.27. The molecule has 148 valence electrons. The number of aromatic nitrogens is 3. The lowest BCUT2D eigenvalue weighted by molar-refractivity contribution is -0.127. The fraction of sp³-hybridized carbons (Fsp3) is 0.500. The van der Waals surface area contributed by atoms with E-state index in [0.29, 0.717) is 11.0 Å². The molecule has 1 aromatic carbocycles. The zero-order chi connectivity index (χ0) is 19.9. The number of hydrogen-bond acceptors (Lipinski definition) is 6. The number of Topliss-reactive ketones (excluding diaryl/α,β-unsaturated/α-hetero) is 1. The van der Waals surface area contributed by atoms with Crippen LogP contribution in [0, 0.1) is 5.41 Å². The van der Waals surface area contributed by atoms with Gasteiger partial charge in [0.2, 0.25) is 5.16 Å². The summed E-state index contributed by atoms with van der Waals surface area (Å²) in [6.07, 6.45) is 3.40. The number of rotatable bonds is 5. The van der Waals surface area contributed by atoms with E-state index in [4.69, 9.17) is 4.74 Å². The third-order valence-electron chi connectivity index (χ3n) is 5.10. The van der Waals surface area contributed by atoms with Crippen molar-refractivity contribution in [2.24, 2.45) is 5.41 Å². The fourth-order valence-electron chi connectivity index (χ4n) is 3.35. The van der Waals surface area contributed by atoms with Gasteiger partial charge in [-0.2, -0.15) is 0 Å². The Morgan fingerprint density at radius 1 is 1.21 bits per heavy atom. The summed E-state index contributed by atoms with van der Waals surface area (Å²) in [5.41, 5.74) is 2.20. The Labute approximate surface area is 168 Å². The van der Waals surface area contributed by atoms with Crippen LogP contribution in [0.3, 0.4) is 0 Å². The minimum absolute atomic E-state index is 0.000220. The molecule has 1 aliphatic carbocycles. The lowest BCUT2D eigenvalue weighted by Crippen LogP contribution is -2.50. The van der Waals surface area contributed by atoms with Crippen molar-refractivity contribution >= 4 is 23.5 Å². The first kappa shape index (κ1) is 19.0. The van der Waals surface area contributed by atoms with Crippen LogP contribution in [-0.4, -0.2) is 38.9 Å². The molecule has 1 aliphatic heterocycles. The van der Waals surface area contributed by atoms with Gasteiger partial charge in [-0.25, -0.2) is 9.69 Å². The van der Waals surface area contributed by atoms with Crippen molar-refractivity contribution in [1.29, 1.82) is 0 Å². The van der Waals surface area contributed by atoms with Crippen LogP contribution in [0.2, 0.25) is 0 Å². The molecule has 2 heterocycles. The van der Waals surface area contributed by atoms with E-state index in [0.717, 1.165) is 18.6 Å². The van der Waals surface area contributed by atoms with Crippen molar-refractivity contribution in [1.82, 2.24) is 14.9 Å². The Kier molecular flexibility index (Phi) is 4.91. The van der Waals surface area contributed by atoms with Gasteiger partial charge in [0.1, 0.15) is 18.9 Å². The van der Waals surface area contributed by atoms with Gasteiger partial charge in [-0.1, -0.05) is 38.6 Å². The third kappa shape index (κ3) is 3.65. The van der Waals surface area contributed by atoms with E-state index in [2.05, 4.69) is 22.3 Å². The Balaban J connectivity index is 1.54. The maximum Gasteiger partial charge on any atom is 0.252 e. The molecule has 0 unspecified atom stereocenters. The first-order chi connectivity index (χ1) is 13.3. The first-order valence-electron chi connectivity index (χ1n) is 9.48. The number of carbonyl (C=O) groups is 2. The maximum atomic E-state index is 12.5. The second-order valence-electron chi connectivity index (χ2n) is 8.20. The molecular formula is C20H24N4O3S. The van der Waals surface area contributed by atoms with Gasteiger partial charge in [0.05, 0.1) is 5.75 Å². The molecule has 1 aromatic heterocycles. The molecule has 7 nitrogen and oxygen atoms in total. The molecule has 1 amide bonds. The standard InChI is InChI=1S/C20H24N4O3S/c1-20(2,3)16(25)10-23-18(26)12-28-19-22-21-17(24(19)23)11-27-15-8-7-13-5-4-6-14(13)9-15/h7-9H,4-6,10-12H2,1-3H3. The van der Waals surface area contributed by atoms with E-state index in [1.807, 2.05) is 26.8 Å². The summed E-state index contributed by atoms with van der Waals surface area (Å²) in [6.45, 7) is 5.73. The van der Waals surface area contributed by atoms with E-state index < -0.39 is 5.41 Å². The molecule has 28 heavy (non-hydrogen) atoms. The molecule has 0 radical (unpaired) electrons. The van der Waals surface area contributed by atoms with Crippen LogP contribution in [0.4, 0.5) is 0 Å². The first-order valence-corrected chi connectivity index (χ1v) is 10.5. The molecule has 2 aromatic rings.